The van der Waals surface area contributed by atoms with Crippen LogP contribution in [0.1, 0.15) is 24.5 Å². The number of ketones is 1. The van der Waals surface area contributed by atoms with E-state index < -0.39 is 12.5 Å². The van der Waals surface area contributed by atoms with Crippen LogP contribution >= 0.6 is 15.9 Å². The van der Waals surface area contributed by atoms with Crippen molar-refractivity contribution in [3.05, 3.63) is 28.2 Å². The molecule has 2 rings (SSSR count). The summed E-state index contributed by atoms with van der Waals surface area (Å²) in [6.07, 6.45) is -5.11. The number of alkyl halides is 3. The molecule has 0 bridgehead atoms. The Balaban J connectivity index is 2.30. The van der Waals surface area contributed by atoms with Crippen LogP contribution in [0.15, 0.2) is 22.7 Å². The lowest BCUT2D eigenvalue weighted by atomic mass is 10.00. The number of rotatable bonds is 2. The van der Waals surface area contributed by atoms with E-state index in [1.807, 2.05) is 0 Å². The van der Waals surface area contributed by atoms with Crippen molar-refractivity contribution in [1.29, 1.82) is 0 Å². The van der Waals surface area contributed by atoms with Gasteiger partial charge in [-0.1, -0.05) is 22.0 Å². The zero-order valence-corrected chi connectivity index (χ0v) is 11.3. The molecular weight excluding hydrogens is 329 g/mol. The fraction of sp³-hybridized carbons (Fsp3) is 0.417. The number of carbonyl (C=O) groups excluding carboxylic acids is 1. The number of hydrogen-bond donors (Lipinski definition) is 0. The second kappa shape index (κ2) is 5.50. The largest absolute Gasteiger partial charge is 0.573 e. The van der Waals surface area contributed by atoms with Crippen molar-refractivity contribution in [3.63, 3.8) is 0 Å². The maximum absolute atomic E-state index is 12.4. The molecule has 1 aliphatic heterocycles. The fourth-order valence-electron chi connectivity index (χ4n) is 1.87. The van der Waals surface area contributed by atoms with E-state index in [1.54, 1.807) is 6.07 Å². The van der Waals surface area contributed by atoms with E-state index in [9.17, 15) is 18.0 Å². The normalized spacial score (nSPS) is 20.4. The zero-order chi connectivity index (χ0) is 14.0. The Morgan fingerprint density at radius 3 is 2.74 bits per heavy atom. The molecule has 0 N–H and O–H groups in total. The summed E-state index contributed by atoms with van der Waals surface area (Å²) in [7, 11) is 0. The third-order valence-electron chi connectivity index (χ3n) is 2.66. The van der Waals surface area contributed by atoms with Crippen LogP contribution in [0.5, 0.6) is 5.75 Å². The highest BCUT2D eigenvalue weighted by molar-refractivity contribution is 9.10. The summed E-state index contributed by atoms with van der Waals surface area (Å²) in [5.41, 5.74) is 0.230. The van der Waals surface area contributed by atoms with Gasteiger partial charge in [0.2, 0.25) is 0 Å². The van der Waals surface area contributed by atoms with E-state index in [1.165, 1.54) is 12.1 Å². The lowest BCUT2D eigenvalue weighted by Gasteiger charge is -2.24. The second-order valence-corrected chi connectivity index (χ2v) is 5.00. The van der Waals surface area contributed by atoms with Crippen molar-refractivity contribution < 1.29 is 27.4 Å². The van der Waals surface area contributed by atoms with Crippen LogP contribution in [0, 0.1) is 0 Å². The Labute approximate surface area is 115 Å². The summed E-state index contributed by atoms with van der Waals surface area (Å²) in [5.74, 6) is -0.376. The van der Waals surface area contributed by atoms with Crippen LogP contribution < -0.4 is 4.74 Å². The van der Waals surface area contributed by atoms with Crippen LogP contribution in [0.4, 0.5) is 13.2 Å². The molecule has 0 saturated carbocycles. The highest BCUT2D eigenvalue weighted by atomic mass is 79.9. The average Bonchev–Trinajstić information content (AvgIpc) is 2.26. The molecule has 3 nitrogen and oxygen atoms in total. The molecule has 7 heteroatoms. The van der Waals surface area contributed by atoms with E-state index in [0.717, 1.165) is 0 Å². The SMILES string of the molecule is O=C1CCOC(c2ccc(Br)cc2OC(F)(F)F)C1. The Bertz CT molecular complexity index is 488. The van der Waals surface area contributed by atoms with E-state index in [0.29, 0.717) is 10.9 Å². The number of hydrogen-bond acceptors (Lipinski definition) is 3. The van der Waals surface area contributed by atoms with Gasteiger partial charge >= 0.3 is 6.36 Å². The predicted molar refractivity (Wildman–Crippen MR) is 63.8 cm³/mol. The van der Waals surface area contributed by atoms with E-state index >= 15 is 0 Å². The fourth-order valence-corrected chi connectivity index (χ4v) is 2.21. The van der Waals surface area contributed by atoms with Gasteiger partial charge in [0.15, 0.2) is 0 Å². The smallest absolute Gasteiger partial charge is 0.405 e. The second-order valence-electron chi connectivity index (χ2n) is 4.08. The average molecular weight is 339 g/mol. The predicted octanol–water partition coefficient (Wildman–Crippen LogP) is 3.77. The third-order valence-corrected chi connectivity index (χ3v) is 3.15. The minimum atomic E-state index is -4.78. The van der Waals surface area contributed by atoms with Crippen molar-refractivity contribution in [2.24, 2.45) is 0 Å². The quantitative estimate of drug-likeness (QED) is 0.823. The Morgan fingerprint density at radius 2 is 2.11 bits per heavy atom. The Hall–Kier alpha value is -1.08. The molecule has 104 valence electrons. The van der Waals surface area contributed by atoms with Gasteiger partial charge in [-0.05, 0) is 12.1 Å². The standard InChI is InChI=1S/C12H10BrF3O3/c13-7-1-2-9(10-6-8(17)3-4-18-10)11(5-7)19-12(14,15)16/h1-2,5,10H,3-4,6H2. The van der Waals surface area contributed by atoms with Gasteiger partial charge in [0, 0.05) is 22.9 Å². The van der Waals surface area contributed by atoms with Crippen molar-refractivity contribution in [2.75, 3.05) is 6.61 Å². The molecule has 1 aromatic rings. The van der Waals surface area contributed by atoms with Crippen LogP contribution in [-0.4, -0.2) is 18.8 Å². The molecule has 1 aromatic carbocycles. The zero-order valence-electron chi connectivity index (χ0n) is 9.67. The van der Waals surface area contributed by atoms with Crippen molar-refractivity contribution in [3.8, 4) is 5.75 Å². The molecule has 1 aliphatic rings. The van der Waals surface area contributed by atoms with Crippen LogP contribution in [0.2, 0.25) is 0 Å². The lowest BCUT2D eigenvalue weighted by molar-refractivity contribution is -0.275. The maximum atomic E-state index is 12.4. The molecule has 0 aromatic heterocycles. The van der Waals surface area contributed by atoms with Gasteiger partial charge < -0.3 is 9.47 Å². The molecule has 1 atom stereocenters. The van der Waals surface area contributed by atoms with Gasteiger partial charge in [0.25, 0.3) is 0 Å². The molecule has 0 amide bonds. The Morgan fingerprint density at radius 1 is 1.37 bits per heavy atom. The molecule has 1 fully saturated rings. The van der Waals surface area contributed by atoms with E-state index in [4.69, 9.17) is 4.74 Å². The van der Waals surface area contributed by atoms with Crippen molar-refractivity contribution >= 4 is 21.7 Å². The number of ether oxygens (including phenoxy) is 2. The van der Waals surface area contributed by atoms with Gasteiger partial charge in [-0.2, -0.15) is 0 Å². The first-order chi connectivity index (χ1) is 8.85. The van der Waals surface area contributed by atoms with E-state index in [2.05, 4.69) is 20.7 Å². The first-order valence-electron chi connectivity index (χ1n) is 5.53. The molecular formula is C12H10BrF3O3. The summed E-state index contributed by atoms with van der Waals surface area (Å²) >= 11 is 3.08. The number of benzene rings is 1. The first-order valence-corrected chi connectivity index (χ1v) is 6.33. The highest BCUT2D eigenvalue weighted by Gasteiger charge is 2.34. The molecule has 0 aliphatic carbocycles. The number of halogens is 4. The monoisotopic (exact) mass is 338 g/mol. The number of Topliss-reactive ketones (excluding diaryl/α,β-unsaturated/α-hetero) is 1. The number of carbonyl (C=O) groups is 1. The minimum absolute atomic E-state index is 0.0304. The van der Waals surface area contributed by atoms with E-state index in [-0.39, 0.29) is 30.1 Å². The van der Waals surface area contributed by atoms with Gasteiger partial charge in [-0.25, -0.2) is 0 Å². The topological polar surface area (TPSA) is 35.5 Å². The minimum Gasteiger partial charge on any atom is -0.405 e. The summed E-state index contributed by atoms with van der Waals surface area (Å²) < 4.78 is 46.8. The summed E-state index contributed by atoms with van der Waals surface area (Å²) in [6, 6.07) is 4.26. The summed E-state index contributed by atoms with van der Waals surface area (Å²) in [4.78, 5) is 11.4. The van der Waals surface area contributed by atoms with Crippen molar-refractivity contribution in [1.82, 2.24) is 0 Å². The first kappa shape index (κ1) is 14.3. The summed E-state index contributed by atoms with van der Waals surface area (Å²) in [6.45, 7) is 0.213. The van der Waals surface area contributed by atoms with Crippen molar-refractivity contribution in [2.45, 2.75) is 25.3 Å². The van der Waals surface area contributed by atoms with Gasteiger partial charge in [-0.3, -0.25) is 4.79 Å². The highest BCUT2D eigenvalue weighted by Crippen LogP contribution is 2.37. The maximum Gasteiger partial charge on any atom is 0.573 e. The summed E-state index contributed by atoms with van der Waals surface area (Å²) in [5, 5.41) is 0. The molecule has 19 heavy (non-hydrogen) atoms. The molecule has 0 radical (unpaired) electrons. The molecule has 0 spiro atoms. The van der Waals surface area contributed by atoms with Gasteiger partial charge in [0.05, 0.1) is 12.7 Å². The Kier molecular flexibility index (Phi) is 4.15. The van der Waals surface area contributed by atoms with Crippen LogP contribution in [-0.2, 0) is 9.53 Å². The lowest BCUT2D eigenvalue weighted by Crippen LogP contribution is -2.22. The van der Waals surface area contributed by atoms with Crippen LogP contribution in [0.3, 0.4) is 0 Å². The van der Waals surface area contributed by atoms with Gasteiger partial charge in [-0.15, -0.1) is 13.2 Å². The molecule has 1 heterocycles. The third kappa shape index (κ3) is 3.94. The molecule has 1 saturated heterocycles. The van der Waals surface area contributed by atoms with Crippen LogP contribution in [0.25, 0.3) is 0 Å². The molecule has 1 unspecified atom stereocenters. The van der Waals surface area contributed by atoms with Gasteiger partial charge in [0.1, 0.15) is 11.5 Å².